The maximum atomic E-state index is 12.3. The van der Waals surface area contributed by atoms with E-state index in [-0.39, 0.29) is 18.6 Å². The highest BCUT2D eigenvalue weighted by Crippen LogP contribution is 2.19. The van der Waals surface area contributed by atoms with Crippen LogP contribution in [0.4, 0.5) is 4.79 Å². The van der Waals surface area contributed by atoms with Crippen LogP contribution in [0.15, 0.2) is 30.3 Å². The van der Waals surface area contributed by atoms with Gasteiger partial charge in [-0.2, -0.15) is 0 Å². The number of cyclic esters (lactones) is 1. The van der Waals surface area contributed by atoms with Gasteiger partial charge in [0, 0.05) is 12.8 Å². The van der Waals surface area contributed by atoms with Gasteiger partial charge in [-0.15, -0.1) is 12.3 Å². The molecule has 22 heavy (non-hydrogen) atoms. The molecule has 1 atom stereocenters. The van der Waals surface area contributed by atoms with Gasteiger partial charge < -0.3 is 4.74 Å². The van der Waals surface area contributed by atoms with Gasteiger partial charge in [-0.3, -0.25) is 4.79 Å². The van der Waals surface area contributed by atoms with E-state index >= 15 is 0 Å². The fourth-order valence-electron chi connectivity index (χ4n) is 2.60. The van der Waals surface area contributed by atoms with Gasteiger partial charge >= 0.3 is 6.09 Å². The highest BCUT2D eigenvalue weighted by molar-refractivity contribution is 5.93. The molecule has 1 heterocycles. The van der Waals surface area contributed by atoms with E-state index in [9.17, 15) is 9.59 Å². The van der Waals surface area contributed by atoms with Crippen LogP contribution in [-0.2, 0) is 16.0 Å². The van der Waals surface area contributed by atoms with Gasteiger partial charge in [0.15, 0.2) is 0 Å². The predicted octanol–water partition coefficient (Wildman–Crippen LogP) is 3.16. The number of carbonyl (C=O) groups is 2. The fourth-order valence-corrected chi connectivity index (χ4v) is 2.60. The van der Waals surface area contributed by atoms with E-state index in [2.05, 4.69) is 5.92 Å². The van der Waals surface area contributed by atoms with Crippen LogP contribution >= 0.6 is 0 Å². The average molecular weight is 299 g/mol. The van der Waals surface area contributed by atoms with E-state index in [4.69, 9.17) is 11.2 Å². The largest absolute Gasteiger partial charge is 0.447 e. The molecule has 0 N–H and O–H groups in total. The Bertz CT molecular complexity index is 547. The standard InChI is InChI=1S/C18H21NO3/c1-2-3-4-5-9-12-17(20)19-16(14-22-18(19)21)13-15-10-7-6-8-11-15/h1,6-8,10-11,16H,3-5,9,12-14H2/t16-/m0/s1. The predicted molar refractivity (Wildman–Crippen MR) is 84.0 cm³/mol. The summed E-state index contributed by atoms with van der Waals surface area (Å²) in [5.41, 5.74) is 1.10. The summed E-state index contributed by atoms with van der Waals surface area (Å²) in [5.74, 6) is 2.43. The zero-order chi connectivity index (χ0) is 15.8. The van der Waals surface area contributed by atoms with Gasteiger partial charge in [-0.1, -0.05) is 36.8 Å². The Hall–Kier alpha value is -2.28. The minimum absolute atomic E-state index is 0.149. The summed E-state index contributed by atoms with van der Waals surface area (Å²) in [6.07, 6.45) is 8.98. The molecule has 1 aromatic carbocycles. The molecule has 0 spiro atoms. The number of benzene rings is 1. The fraction of sp³-hybridized carbons (Fsp3) is 0.444. The number of terminal acetylenes is 1. The second kappa shape index (κ2) is 8.23. The van der Waals surface area contributed by atoms with Gasteiger partial charge in [0.05, 0.1) is 6.04 Å². The molecule has 1 aliphatic rings. The number of hydrogen-bond donors (Lipinski definition) is 0. The normalized spacial score (nSPS) is 17.1. The summed E-state index contributed by atoms with van der Waals surface area (Å²) in [6.45, 7) is 0.274. The molecule has 1 aliphatic heterocycles. The zero-order valence-corrected chi connectivity index (χ0v) is 12.7. The minimum atomic E-state index is -0.519. The quantitative estimate of drug-likeness (QED) is 0.574. The molecule has 4 heteroatoms. The Balaban J connectivity index is 1.87. The Morgan fingerprint density at radius 2 is 2.05 bits per heavy atom. The van der Waals surface area contributed by atoms with Crippen molar-refractivity contribution >= 4 is 12.0 Å². The van der Waals surface area contributed by atoms with E-state index in [1.165, 1.54) is 4.90 Å². The molecule has 116 valence electrons. The van der Waals surface area contributed by atoms with Crippen LogP contribution in [0.1, 0.15) is 37.7 Å². The van der Waals surface area contributed by atoms with Crippen molar-refractivity contribution in [3.05, 3.63) is 35.9 Å². The van der Waals surface area contributed by atoms with Crippen molar-refractivity contribution in [2.45, 2.75) is 44.6 Å². The first kappa shape index (κ1) is 16.1. The Kier molecular flexibility index (Phi) is 6.02. The molecular weight excluding hydrogens is 278 g/mol. The van der Waals surface area contributed by atoms with Crippen LogP contribution in [0.25, 0.3) is 0 Å². The molecule has 0 aliphatic carbocycles. The number of rotatable bonds is 7. The van der Waals surface area contributed by atoms with Crippen LogP contribution < -0.4 is 0 Å². The van der Waals surface area contributed by atoms with Crippen LogP contribution in [0.5, 0.6) is 0 Å². The number of unbranched alkanes of at least 4 members (excludes halogenated alkanes) is 3. The SMILES string of the molecule is C#CCCCCCC(=O)N1C(=O)OC[C@@H]1Cc1ccccc1. The summed E-state index contributed by atoms with van der Waals surface area (Å²) >= 11 is 0. The van der Waals surface area contributed by atoms with Crippen LogP contribution in [0.3, 0.4) is 0 Å². The highest BCUT2D eigenvalue weighted by atomic mass is 16.6. The summed E-state index contributed by atoms with van der Waals surface area (Å²) in [5, 5.41) is 0. The van der Waals surface area contributed by atoms with Crippen molar-refractivity contribution in [2.75, 3.05) is 6.61 Å². The minimum Gasteiger partial charge on any atom is -0.447 e. The summed E-state index contributed by atoms with van der Waals surface area (Å²) < 4.78 is 5.06. The first-order chi connectivity index (χ1) is 10.7. The third kappa shape index (κ3) is 4.36. The second-order valence-corrected chi connectivity index (χ2v) is 5.45. The molecule has 0 unspecified atom stereocenters. The van der Waals surface area contributed by atoms with E-state index < -0.39 is 6.09 Å². The molecule has 2 amide bonds. The number of nitrogens with zero attached hydrogens (tertiary/aromatic N) is 1. The van der Waals surface area contributed by atoms with Crippen molar-refractivity contribution in [1.82, 2.24) is 4.90 Å². The molecular formula is C18H21NO3. The lowest BCUT2D eigenvalue weighted by atomic mass is 10.1. The van der Waals surface area contributed by atoms with Crippen LogP contribution in [-0.4, -0.2) is 29.5 Å². The number of ether oxygens (including phenoxy) is 1. The number of carbonyl (C=O) groups excluding carboxylic acids is 2. The molecule has 0 saturated carbocycles. The first-order valence-electron chi connectivity index (χ1n) is 7.68. The van der Waals surface area contributed by atoms with E-state index in [1.54, 1.807) is 0 Å². The average Bonchev–Trinajstić information content (AvgIpc) is 2.88. The second-order valence-electron chi connectivity index (χ2n) is 5.45. The van der Waals surface area contributed by atoms with Crippen molar-refractivity contribution in [3.8, 4) is 12.3 Å². The van der Waals surface area contributed by atoms with Crippen molar-refractivity contribution in [2.24, 2.45) is 0 Å². The van der Waals surface area contributed by atoms with Gasteiger partial charge in [0.1, 0.15) is 6.61 Å². The molecule has 4 nitrogen and oxygen atoms in total. The maximum absolute atomic E-state index is 12.3. The number of hydrogen-bond acceptors (Lipinski definition) is 3. The van der Waals surface area contributed by atoms with Gasteiger partial charge in [-0.25, -0.2) is 9.69 Å². The third-order valence-electron chi connectivity index (χ3n) is 3.76. The highest BCUT2D eigenvalue weighted by Gasteiger charge is 2.37. The topological polar surface area (TPSA) is 46.6 Å². The van der Waals surface area contributed by atoms with E-state index in [0.717, 1.165) is 31.2 Å². The lowest BCUT2D eigenvalue weighted by Gasteiger charge is -2.19. The molecule has 1 saturated heterocycles. The molecule has 0 radical (unpaired) electrons. The van der Waals surface area contributed by atoms with Crippen molar-refractivity contribution in [3.63, 3.8) is 0 Å². The van der Waals surface area contributed by atoms with Gasteiger partial charge in [0.2, 0.25) is 5.91 Å². The van der Waals surface area contributed by atoms with E-state index in [1.807, 2.05) is 30.3 Å². The Labute approximate surface area is 131 Å². The Morgan fingerprint density at radius 1 is 1.27 bits per heavy atom. The monoisotopic (exact) mass is 299 g/mol. The van der Waals surface area contributed by atoms with Crippen molar-refractivity contribution in [1.29, 1.82) is 0 Å². The smallest absolute Gasteiger partial charge is 0.416 e. The molecule has 0 aromatic heterocycles. The lowest BCUT2D eigenvalue weighted by molar-refractivity contribution is -0.129. The molecule has 1 aromatic rings. The third-order valence-corrected chi connectivity index (χ3v) is 3.76. The molecule has 0 bridgehead atoms. The van der Waals surface area contributed by atoms with Crippen LogP contribution in [0, 0.1) is 12.3 Å². The number of imide groups is 1. The summed E-state index contributed by atoms with van der Waals surface area (Å²) in [7, 11) is 0. The summed E-state index contributed by atoms with van der Waals surface area (Å²) in [4.78, 5) is 25.4. The summed E-state index contributed by atoms with van der Waals surface area (Å²) in [6, 6.07) is 9.62. The maximum Gasteiger partial charge on any atom is 0.416 e. The first-order valence-corrected chi connectivity index (χ1v) is 7.68. The van der Waals surface area contributed by atoms with Gasteiger partial charge in [-0.05, 0) is 24.8 Å². The number of amides is 2. The molecule has 2 rings (SSSR count). The zero-order valence-electron chi connectivity index (χ0n) is 12.7. The van der Waals surface area contributed by atoms with Crippen molar-refractivity contribution < 1.29 is 14.3 Å². The van der Waals surface area contributed by atoms with Gasteiger partial charge in [0.25, 0.3) is 0 Å². The lowest BCUT2D eigenvalue weighted by Crippen LogP contribution is -2.40. The Morgan fingerprint density at radius 3 is 2.77 bits per heavy atom. The van der Waals surface area contributed by atoms with E-state index in [0.29, 0.717) is 12.8 Å². The van der Waals surface area contributed by atoms with Crippen LogP contribution in [0.2, 0.25) is 0 Å². The molecule has 1 fully saturated rings.